The maximum atomic E-state index is 13.6. The third-order valence-corrected chi connectivity index (χ3v) is 6.41. The van der Waals surface area contributed by atoms with Crippen molar-refractivity contribution in [3.63, 3.8) is 0 Å². The normalized spacial score (nSPS) is 15.6. The molecule has 0 saturated carbocycles. The molecule has 2 aliphatic rings. The third kappa shape index (κ3) is 4.85. The van der Waals surface area contributed by atoms with Gasteiger partial charge >= 0.3 is 0 Å². The largest absolute Gasteiger partial charge is 0.457 e. The molecular weight excluding hydrogens is 466 g/mol. The van der Waals surface area contributed by atoms with Gasteiger partial charge in [-0.1, -0.05) is 24.3 Å². The van der Waals surface area contributed by atoms with Crippen molar-refractivity contribution in [3.8, 4) is 11.5 Å². The first kappa shape index (κ1) is 23.7. The number of carbonyl (C=O) groups excluding carboxylic acids is 2. The second kappa shape index (κ2) is 9.91. The molecule has 2 aliphatic heterocycles. The molecule has 0 bridgehead atoms. The summed E-state index contributed by atoms with van der Waals surface area (Å²) >= 11 is 0. The number of halogens is 2. The molecule has 5 rings (SSSR count). The lowest BCUT2D eigenvalue weighted by molar-refractivity contribution is -0.131. The summed E-state index contributed by atoms with van der Waals surface area (Å²) in [6, 6.07) is 17.2. The minimum atomic E-state index is -0.325. The number of nitrogens with zero attached hydrogens (tertiary/aromatic N) is 2. The van der Waals surface area contributed by atoms with E-state index in [0.717, 1.165) is 11.1 Å². The Labute approximate surface area is 207 Å². The molecule has 8 heteroatoms. The van der Waals surface area contributed by atoms with Gasteiger partial charge in [-0.15, -0.1) is 0 Å². The summed E-state index contributed by atoms with van der Waals surface area (Å²) in [7, 11) is 0. The van der Waals surface area contributed by atoms with E-state index in [9.17, 15) is 18.4 Å². The van der Waals surface area contributed by atoms with E-state index in [4.69, 9.17) is 9.47 Å². The van der Waals surface area contributed by atoms with Crippen molar-refractivity contribution in [2.75, 3.05) is 26.2 Å². The predicted octanol–water partition coefficient (Wildman–Crippen LogP) is 4.71. The van der Waals surface area contributed by atoms with Gasteiger partial charge in [-0.2, -0.15) is 0 Å². The number of Topliss-reactive ketones (excluding diaryl/α,β-unsaturated/α-hetero) is 1. The maximum Gasteiger partial charge on any atom is 0.292 e. The Morgan fingerprint density at radius 1 is 0.806 bits per heavy atom. The van der Waals surface area contributed by atoms with E-state index in [-0.39, 0.29) is 35.1 Å². The average Bonchev–Trinajstić information content (AvgIpc) is 2.90. The topological polar surface area (TPSA) is 59.1 Å². The van der Waals surface area contributed by atoms with Gasteiger partial charge in [-0.3, -0.25) is 14.5 Å². The van der Waals surface area contributed by atoms with Gasteiger partial charge in [-0.05, 0) is 60.5 Å². The fraction of sp³-hybridized carbons (Fsp3) is 0.214. The molecule has 0 unspecified atom stereocenters. The molecule has 36 heavy (non-hydrogen) atoms. The van der Waals surface area contributed by atoms with Gasteiger partial charge in [0.1, 0.15) is 17.9 Å². The Bertz CT molecular complexity index is 1270. The first-order valence-corrected chi connectivity index (χ1v) is 11.6. The fourth-order valence-corrected chi connectivity index (χ4v) is 4.50. The quantitative estimate of drug-likeness (QED) is 0.485. The van der Waals surface area contributed by atoms with E-state index in [1.54, 1.807) is 47.4 Å². The highest BCUT2D eigenvalue weighted by atomic mass is 19.1. The van der Waals surface area contributed by atoms with Crippen LogP contribution in [0.5, 0.6) is 11.5 Å². The summed E-state index contributed by atoms with van der Waals surface area (Å²) in [4.78, 5) is 28.6. The van der Waals surface area contributed by atoms with E-state index in [2.05, 4.69) is 4.90 Å². The maximum absolute atomic E-state index is 13.6. The number of ketones is 1. The van der Waals surface area contributed by atoms with Crippen LogP contribution in [0.4, 0.5) is 8.78 Å². The minimum absolute atomic E-state index is 0.0696. The molecule has 0 radical (unpaired) electrons. The van der Waals surface area contributed by atoms with Gasteiger partial charge in [0.25, 0.3) is 5.91 Å². The molecule has 1 saturated heterocycles. The third-order valence-electron chi connectivity index (χ3n) is 6.41. The van der Waals surface area contributed by atoms with Crippen LogP contribution < -0.4 is 9.47 Å². The molecule has 184 valence electrons. The van der Waals surface area contributed by atoms with Gasteiger partial charge < -0.3 is 14.4 Å². The molecule has 0 aliphatic carbocycles. The SMILES string of the molecule is CC(=O)c1ccc2c(c1)OC=C(C(=O)N1CCN(C(c3ccc(F)cc3)c3ccc(F)cc3)CC1)O2. The fourth-order valence-electron chi connectivity index (χ4n) is 4.50. The number of hydrogen-bond donors (Lipinski definition) is 0. The number of amides is 1. The van der Waals surface area contributed by atoms with Crippen LogP contribution in [0.1, 0.15) is 34.5 Å². The Morgan fingerprint density at radius 2 is 1.39 bits per heavy atom. The summed E-state index contributed by atoms with van der Waals surface area (Å²) in [6.45, 7) is 3.45. The van der Waals surface area contributed by atoms with Crippen LogP contribution in [-0.4, -0.2) is 47.7 Å². The Morgan fingerprint density at radius 3 is 1.94 bits per heavy atom. The summed E-state index contributed by atoms with van der Waals surface area (Å²) < 4.78 is 38.5. The summed E-state index contributed by atoms with van der Waals surface area (Å²) in [5.41, 5.74) is 2.26. The molecule has 0 N–H and O–H groups in total. The van der Waals surface area contributed by atoms with Crippen LogP contribution in [0.3, 0.4) is 0 Å². The zero-order chi connectivity index (χ0) is 25.2. The van der Waals surface area contributed by atoms with Crippen molar-refractivity contribution in [1.29, 1.82) is 0 Å². The van der Waals surface area contributed by atoms with E-state index in [1.165, 1.54) is 37.5 Å². The highest BCUT2D eigenvalue weighted by Gasteiger charge is 2.31. The van der Waals surface area contributed by atoms with Crippen molar-refractivity contribution in [2.45, 2.75) is 13.0 Å². The number of piperazine rings is 1. The van der Waals surface area contributed by atoms with Crippen molar-refractivity contribution >= 4 is 11.7 Å². The van der Waals surface area contributed by atoms with Gasteiger partial charge in [0.05, 0.1) is 6.04 Å². The lowest BCUT2D eigenvalue weighted by atomic mass is 9.96. The predicted molar refractivity (Wildman–Crippen MR) is 129 cm³/mol. The smallest absolute Gasteiger partial charge is 0.292 e. The summed E-state index contributed by atoms with van der Waals surface area (Å²) in [5.74, 6) is -0.216. The van der Waals surface area contributed by atoms with E-state index < -0.39 is 0 Å². The van der Waals surface area contributed by atoms with Gasteiger partial charge in [0.2, 0.25) is 5.76 Å². The second-order valence-corrected chi connectivity index (χ2v) is 8.75. The van der Waals surface area contributed by atoms with E-state index in [0.29, 0.717) is 43.2 Å². The number of carbonyl (C=O) groups is 2. The number of ether oxygens (including phenoxy) is 2. The van der Waals surface area contributed by atoms with Crippen molar-refractivity contribution < 1.29 is 27.8 Å². The number of fused-ring (bicyclic) bond motifs is 1. The Kier molecular flexibility index (Phi) is 6.52. The minimum Gasteiger partial charge on any atom is -0.457 e. The number of benzene rings is 3. The van der Waals surface area contributed by atoms with E-state index >= 15 is 0 Å². The monoisotopic (exact) mass is 490 g/mol. The van der Waals surface area contributed by atoms with Gasteiger partial charge in [0.15, 0.2) is 17.3 Å². The van der Waals surface area contributed by atoms with Crippen LogP contribution in [0.15, 0.2) is 78.8 Å². The van der Waals surface area contributed by atoms with Crippen molar-refractivity contribution in [3.05, 3.63) is 107 Å². The molecule has 1 fully saturated rings. The number of rotatable bonds is 5. The Balaban J connectivity index is 1.29. The van der Waals surface area contributed by atoms with Crippen LogP contribution in [0, 0.1) is 11.6 Å². The first-order chi connectivity index (χ1) is 17.4. The molecule has 3 aromatic carbocycles. The van der Waals surface area contributed by atoms with Crippen molar-refractivity contribution in [2.24, 2.45) is 0 Å². The number of hydrogen-bond acceptors (Lipinski definition) is 5. The van der Waals surface area contributed by atoms with Gasteiger partial charge in [0, 0.05) is 31.7 Å². The summed E-state index contributed by atoms with van der Waals surface area (Å²) in [5, 5.41) is 0. The molecule has 6 nitrogen and oxygen atoms in total. The van der Waals surface area contributed by atoms with Gasteiger partial charge in [-0.25, -0.2) is 8.78 Å². The second-order valence-electron chi connectivity index (χ2n) is 8.75. The van der Waals surface area contributed by atoms with Crippen LogP contribution in [0.2, 0.25) is 0 Å². The Hall–Kier alpha value is -4.04. The summed E-state index contributed by atoms with van der Waals surface area (Å²) in [6.07, 6.45) is 1.26. The highest BCUT2D eigenvalue weighted by Crippen LogP contribution is 2.34. The molecule has 0 spiro atoms. The zero-order valence-corrected chi connectivity index (χ0v) is 19.6. The lowest BCUT2D eigenvalue weighted by Gasteiger charge is -2.40. The van der Waals surface area contributed by atoms with Crippen LogP contribution in [0.25, 0.3) is 0 Å². The molecule has 3 aromatic rings. The molecule has 1 amide bonds. The van der Waals surface area contributed by atoms with Crippen LogP contribution >= 0.6 is 0 Å². The zero-order valence-electron chi connectivity index (χ0n) is 19.6. The lowest BCUT2D eigenvalue weighted by Crippen LogP contribution is -2.50. The first-order valence-electron chi connectivity index (χ1n) is 11.6. The van der Waals surface area contributed by atoms with Crippen LogP contribution in [-0.2, 0) is 4.79 Å². The molecule has 0 aromatic heterocycles. The average molecular weight is 491 g/mol. The molecule has 0 atom stereocenters. The van der Waals surface area contributed by atoms with Crippen molar-refractivity contribution in [1.82, 2.24) is 9.80 Å². The standard InChI is InChI=1S/C28H24F2N2O4/c1-18(33)21-6-11-24-25(16-21)35-17-26(36-24)28(34)32-14-12-31(13-15-32)27(19-2-7-22(29)8-3-19)20-4-9-23(30)10-5-20/h2-11,16-17,27H,12-15H2,1H3. The molecular formula is C28H24F2N2O4. The highest BCUT2D eigenvalue weighted by molar-refractivity contribution is 5.95. The van der Waals surface area contributed by atoms with E-state index in [1.807, 2.05) is 0 Å². The molecule has 2 heterocycles.